The Morgan fingerprint density at radius 3 is 2.44 bits per heavy atom. The van der Waals surface area contributed by atoms with Crippen molar-refractivity contribution < 1.29 is 9.53 Å². The number of rotatable bonds is 10. The van der Waals surface area contributed by atoms with Crippen molar-refractivity contribution in [2.24, 2.45) is 0 Å². The van der Waals surface area contributed by atoms with Gasteiger partial charge in [-0.05, 0) is 12.8 Å². The first-order valence-corrected chi connectivity index (χ1v) is 7.38. The number of hydrogen-bond donors (Lipinski definition) is 0. The van der Waals surface area contributed by atoms with Gasteiger partial charge < -0.3 is 4.74 Å². The zero-order valence-corrected chi connectivity index (χ0v) is 12.2. The monoisotopic (exact) mass is 292 g/mol. The Hall–Kier alpha value is -0.0500. The Morgan fingerprint density at radius 2 is 1.81 bits per heavy atom. The van der Waals surface area contributed by atoms with Gasteiger partial charge in [-0.1, -0.05) is 61.9 Å². The number of halogens is 1. The number of ether oxygens (including phenoxy) is 1. The number of alkyl halides is 1. The van der Waals surface area contributed by atoms with Crippen molar-refractivity contribution >= 4 is 21.9 Å². The van der Waals surface area contributed by atoms with Gasteiger partial charge in [-0.25, -0.2) is 0 Å². The largest absolute Gasteiger partial charge is 0.466 e. The van der Waals surface area contributed by atoms with Crippen LogP contribution in [0.3, 0.4) is 0 Å². The van der Waals surface area contributed by atoms with Crippen LogP contribution in [0.15, 0.2) is 0 Å². The molecule has 2 nitrogen and oxygen atoms in total. The fourth-order valence-corrected chi connectivity index (χ4v) is 1.69. The summed E-state index contributed by atoms with van der Waals surface area (Å²) in [6, 6.07) is 0. The summed E-state index contributed by atoms with van der Waals surface area (Å²) in [5, 5.41) is 0. The Labute approximate surface area is 108 Å². The summed E-state index contributed by atoms with van der Waals surface area (Å²) in [6.45, 7) is 4.86. The third-order valence-corrected chi connectivity index (χ3v) is 2.97. The summed E-state index contributed by atoms with van der Waals surface area (Å²) >= 11 is 3.41. The van der Waals surface area contributed by atoms with Crippen LogP contribution >= 0.6 is 15.9 Å². The molecule has 96 valence electrons. The molecule has 0 aromatic rings. The molecule has 0 saturated heterocycles. The average Bonchev–Trinajstić information content (AvgIpc) is 2.25. The molecule has 0 heterocycles. The standard InChI is InChI=1S/C13H25BrO2/c1-3-4-5-6-7-8-11-16-13(15)10-9-12(2)14/h12H,3-11H2,1-2H3. The SMILES string of the molecule is CCCCCCCCOC(=O)CCC(C)Br. The molecule has 0 amide bonds. The Balaban J connectivity index is 3.15. The van der Waals surface area contributed by atoms with E-state index in [0.717, 1.165) is 12.8 Å². The van der Waals surface area contributed by atoms with Gasteiger partial charge in [-0.2, -0.15) is 0 Å². The maximum Gasteiger partial charge on any atom is 0.305 e. The molecule has 0 aromatic heterocycles. The highest BCUT2D eigenvalue weighted by Crippen LogP contribution is 2.08. The molecule has 0 aliphatic rings. The fraction of sp³-hybridized carbons (Fsp3) is 0.923. The van der Waals surface area contributed by atoms with E-state index in [2.05, 4.69) is 22.9 Å². The maximum absolute atomic E-state index is 11.2. The Morgan fingerprint density at radius 1 is 1.19 bits per heavy atom. The van der Waals surface area contributed by atoms with Crippen molar-refractivity contribution in [3.8, 4) is 0 Å². The molecule has 0 bridgehead atoms. The Kier molecular flexibility index (Phi) is 11.4. The second kappa shape index (κ2) is 11.4. The molecule has 0 aromatic carbocycles. The minimum atomic E-state index is -0.0557. The van der Waals surface area contributed by atoms with Crippen molar-refractivity contribution in [1.82, 2.24) is 0 Å². The van der Waals surface area contributed by atoms with Crippen molar-refractivity contribution in [2.75, 3.05) is 6.61 Å². The zero-order valence-electron chi connectivity index (χ0n) is 10.6. The van der Waals surface area contributed by atoms with E-state index in [1.807, 2.05) is 6.92 Å². The highest BCUT2D eigenvalue weighted by Gasteiger charge is 2.04. The molecule has 0 N–H and O–H groups in total. The first-order chi connectivity index (χ1) is 7.66. The number of esters is 1. The third-order valence-electron chi connectivity index (χ3n) is 2.51. The van der Waals surface area contributed by atoms with E-state index in [1.54, 1.807) is 0 Å². The second-order valence-electron chi connectivity index (χ2n) is 4.31. The van der Waals surface area contributed by atoms with Crippen molar-refractivity contribution in [2.45, 2.75) is 70.0 Å². The van der Waals surface area contributed by atoms with Gasteiger partial charge in [0, 0.05) is 11.2 Å². The number of unbranched alkanes of at least 4 members (excludes halogenated alkanes) is 5. The summed E-state index contributed by atoms with van der Waals surface area (Å²) in [6.07, 6.45) is 8.76. The van der Waals surface area contributed by atoms with Crippen molar-refractivity contribution in [3.63, 3.8) is 0 Å². The van der Waals surface area contributed by atoms with E-state index in [9.17, 15) is 4.79 Å². The highest BCUT2D eigenvalue weighted by molar-refractivity contribution is 9.09. The minimum Gasteiger partial charge on any atom is -0.466 e. The fourth-order valence-electron chi connectivity index (χ4n) is 1.46. The first-order valence-electron chi connectivity index (χ1n) is 6.46. The minimum absolute atomic E-state index is 0.0557. The molecule has 0 spiro atoms. The van der Waals surface area contributed by atoms with E-state index >= 15 is 0 Å². The van der Waals surface area contributed by atoms with Crippen LogP contribution in [0.25, 0.3) is 0 Å². The summed E-state index contributed by atoms with van der Waals surface area (Å²) < 4.78 is 5.14. The zero-order chi connectivity index (χ0) is 12.2. The quantitative estimate of drug-likeness (QED) is 0.338. The molecular formula is C13H25BrO2. The summed E-state index contributed by atoms with van der Waals surface area (Å²) in [4.78, 5) is 11.6. The highest BCUT2D eigenvalue weighted by atomic mass is 79.9. The van der Waals surface area contributed by atoms with Gasteiger partial charge in [0.05, 0.1) is 6.61 Å². The van der Waals surface area contributed by atoms with Gasteiger partial charge in [0.2, 0.25) is 0 Å². The molecule has 1 unspecified atom stereocenters. The van der Waals surface area contributed by atoms with Crippen LogP contribution in [0.5, 0.6) is 0 Å². The smallest absolute Gasteiger partial charge is 0.305 e. The summed E-state index contributed by atoms with van der Waals surface area (Å²) in [7, 11) is 0. The van der Waals surface area contributed by atoms with Crippen LogP contribution in [0, 0.1) is 0 Å². The normalized spacial score (nSPS) is 12.4. The van der Waals surface area contributed by atoms with Crippen LogP contribution in [0.1, 0.15) is 65.2 Å². The van der Waals surface area contributed by atoms with Gasteiger partial charge in [-0.3, -0.25) is 4.79 Å². The molecule has 0 fully saturated rings. The Bertz CT molecular complexity index is 169. The lowest BCUT2D eigenvalue weighted by molar-refractivity contribution is -0.143. The second-order valence-corrected chi connectivity index (χ2v) is 5.87. The molecule has 16 heavy (non-hydrogen) atoms. The predicted molar refractivity (Wildman–Crippen MR) is 72.0 cm³/mol. The molecule has 1 atom stereocenters. The van der Waals surface area contributed by atoms with Crippen LogP contribution in [0.4, 0.5) is 0 Å². The molecule has 3 heteroatoms. The number of hydrogen-bond acceptors (Lipinski definition) is 2. The maximum atomic E-state index is 11.2. The molecule has 0 radical (unpaired) electrons. The molecular weight excluding hydrogens is 268 g/mol. The van der Waals surface area contributed by atoms with Crippen LogP contribution in [-0.4, -0.2) is 17.4 Å². The first kappa shape index (κ1) is 16.0. The van der Waals surface area contributed by atoms with Gasteiger partial charge >= 0.3 is 5.97 Å². The molecule has 0 aliphatic heterocycles. The molecule has 0 rings (SSSR count). The van der Waals surface area contributed by atoms with E-state index in [1.165, 1.54) is 32.1 Å². The van der Waals surface area contributed by atoms with Crippen LogP contribution in [-0.2, 0) is 9.53 Å². The van der Waals surface area contributed by atoms with Crippen molar-refractivity contribution in [3.05, 3.63) is 0 Å². The molecule has 0 aliphatic carbocycles. The topological polar surface area (TPSA) is 26.3 Å². The summed E-state index contributed by atoms with van der Waals surface area (Å²) in [5.41, 5.74) is 0. The number of carbonyl (C=O) groups excluding carboxylic acids is 1. The van der Waals surface area contributed by atoms with E-state index in [-0.39, 0.29) is 5.97 Å². The number of carbonyl (C=O) groups is 1. The lowest BCUT2D eigenvalue weighted by atomic mass is 10.1. The lowest BCUT2D eigenvalue weighted by Crippen LogP contribution is -2.07. The van der Waals surface area contributed by atoms with Gasteiger partial charge in [0.25, 0.3) is 0 Å². The van der Waals surface area contributed by atoms with E-state index < -0.39 is 0 Å². The van der Waals surface area contributed by atoms with Crippen molar-refractivity contribution in [1.29, 1.82) is 0 Å². The van der Waals surface area contributed by atoms with Gasteiger partial charge in [0.15, 0.2) is 0 Å². The van der Waals surface area contributed by atoms with Gasteiger partial charge in [0.1, 0.15) is 0 Å². The van der Waals surface area contributed by atoms with Crippen LogP contribution < -0.4 is 0 Å². The third kappa shape index (κ3) is 12.0. The lowest BCUT2D eigenvalue weighted by Gasteiger charge is -2.05. The van der Waals surface area contributed by atoms with E-state index in [0.29, 0.717) is 17.9 Å². The average molecular weight is 293 g/mol. The predicted octanol–water partition coefficient (Wildman–Crippen LogP) is 4.45. The van der Waals surface area contributed by atoms with Crippen LogP contribution in [0.2, 0.25) is 0 Å². The molecule has 0 saturated carbocycles. The van der Waals surface area contributed by atoms with E-state index in [4.69, 9.17) is 4.74 Å². The summed E-state index contributed by atoms with van der Waals surface area (Å²) in [5.74, 6) is -0.0557. The van der Waals surface area contributed by atoms with Gasteiger partial charge in [-0.15, -0.1) is 0 Å².